The van der Waals surface area contributed by atoms with Crippen LogP contribution in [-0.2, 0) is 0 Å². The maximum Gasteiger partial charge on any atom is 0.0786 e. The fraction of sp³-hybridized carbons (Fsp3) is 0. The van der Waals surface area contributed by atoms with Gasteiger partial charge in [-0.25, -0.2) is 0 Å². The number of benzene rings is 3. The molecule has 0 aliphatic carbocycles. The summed E-state index contributed by atoms with van der Waals surface area (Å²) in [5.41, 5.74) is 2.09. The Morgan fingerprint density at radius 2 is 1.23 bits per heavy atom. The van der Waals surface area contributed by atoms with Gasteiger partial charge in [0.15, 0.2) is 0 Å². The van der Waals surface area contributed by atoms with E-state index in [1.54, 1.807) is 0 Å². The normalized spacial score (nSPS) is 11.6. The third-order valence-electron chi connectivity index (χ3n) is 4.31. The van der Waals surface area contributed by atoms with Crippen LogP contribution in [0.15, 0.2) is 73.1 Å². The molecule has 3 aromatic carbocycles. The molecule has 5 rings (SSSR count). The number of hydrogen-bond acceptors (Lipinski definition) is 2. The summed E-state index contributed by atoms with van der Waals surface area (Å²) in [5, 5.41) is 7.26. The minimum Gasteiger partial charge on any atom is -0.256 e. The zero-order valence-electron chi connectivity index (χ0n) is 11.8. The van der Waals surface area contributed by atoms with E-state index >= 15 is 0 Å². The van der Waals surface area contributed by atoms with E-state index in [2.05, 4.69) is 58.5 Å². The summed E-state index contributed by atoms with van der Waals surface area (Å²) in [5.74, 6) is 0. The molecule has 0 aliphatic heterocycles. The van der Waals surface area contributed by atoms with Crippen molar-refractivity contribution in [2.75, 3.05) is 0 Å². The van der Waals surface area contributed by atoms with E-state index < -0.39 is 0 Å². The van der Waals surface area contributed by atoms with Gasteiger partial charge in [-0.3, -0.25) is 9.97 Å². The van der Waals surface area contributed by atoms with Gasteiger partial charge in [0.05, 0.1) is 11.0 Å². The molecule has 0 aliphatic rings. The molecular weight excluding hydrogens is 268 g/mol. The average molecular weight is 280 g/mol. The monoisotopic (exact) mass is 280 g/mol. The van der Waals surface area contributed by atoms with Crippen LogP contribution >= 0.6 is 0 Å². The van der Waals surface area contributed by atoms with Crippen molar-refractivity contribution in [2.45, 2.75) is 0 Å². The van der Waals surface area contributed by atoms with E-state index in [1.165, 1.54) is 26.9 Å². The minimum atomic E-state index is 1.03. The van der Waals surface area contributed by atoms with Crippen LogP contribution in [0.2, 0.25) is 0 Å². The highest BCUT2D eigenvalue weighted by molar-refractivity contribution is 6.25. The first-order chi connectivity index (χ1) is 10.9. The molecule has 0 bridgehead atoms. The number of pyridine rings is 2. The van der Waals surface area contributed by atoms with Gasteiger partial charge in [0.25, 0.3) is 0 Å². The highest BCUT2D eigenvalue weighted by Crippen LogP contribution is 2.35. The number of fused-ring (bicyclic) bond motifs is 7. The van der Waals surface area contributed by atoms with Crippen molar-refractivity contribution >= 4 is 43.4 Å². The topological polar surface area (TPSA) is 25.8 Å². The summed E-state index contributed by atoms with van der Waals surface area (Å²) < 4.78 is 0. The van der Waals surface area contributed by atoms with E-state index in [0.717, 1.165) is 16.4 Å². The Bertz CT molecular complexity index is 1080. The third-order valence-corrected chi connectivity index (χ3v) is 4.31. The average Bonchev–Trinajstić information content (AvgIpc) is 2.61. The lowest BCUT2D eigenvalue weighted by molar-refractivity contribution is 1.42. The third kappa shape index (κ3) is 1.49. The summed E-state index contributed by atoms with van der Waals surface area (Å²) in [6.45, 7) is 0. The van der Waals surface area contributed by atoms with Crippen LogP contribution in [-0.4, -0.2) is 9.97 Å². The predicted octanol–water partition coefficient (Wildman–Crippen LogP) is 5.09. The van der Waals surface area contributed by atoms with E-state index in [-0.39, 0.29) is 0 Å². The Balaban J connectivity index is 2.17. The van der Waals surface area contributed by atoms with Crippen LogP contribution in [0.1, 0.15) is 0 Å². The van der Waals surface area contributed by atoms with Gasteiger partial charge < -0.3 is 0 Å². The Morgan fingerprint density at radius 3 is 2.18 bits per heavy atom. The van der Waals surface area contributed by atoms with Crippen molar-refractivity contribution in [3.05, 3.63) is 73.1 Å². The highest BCUT2D eigenvalue weighted by atomic mass is 14.7. The van der Waals surface area contributed by atoms with Gasteiger partial charge in [-0.1, -0.05) is 36.4 Å². The summed E-state index contributed by atoms with van der Waals surface area (Å²) >= 11 is 0. The van der Waals surface area contributed by atoms with Crippen LogP contribution in [0.25, 0.3) is 43.4 Å². The van der Waals surface area contributed by atoms with Gasteiger partial charge in [-0.05, 0) is 40.4 Å². The molecule has 0 saturated carbocycles. The number of rotatable bonds is 0. The molecule has 0 unspecified atom stereocenters. The van der Waals surface area contributed by atoms with Crippen LogP contribution in [0.3, 0.4) is 0 Å². The predicted molar refractivity (Wildman–Crippen MR) is 92.1 cm³/mol. The zero-order valence-corrected chi connectivity index (χ0v) is 11.8. The van der Waals surface area contributed by atoms with Gasteiger partial charge >= 0.3 is 0 Å². The summed E-state index contributed by atoms with van der Waals surface area (Å²) in [4.78, 5) is 9.13. The molecular formula is C20H12N2. The van der Waals surface area contributed by atoms with Crippen LogP contribution < -0.4 is 0 Å². The maximum absolute atomic E-state index is 4.62. The second-order valence-corrected chi connectivity index (χ2v) is 5.54. The summed E-state index contributed by atoms with van der Waals surface area (Å²) in [7, 11) is 0. The molecule has 2 nitrogen and oxygen atoms in total. The molecule has 5 aromatic rings. The highest BCUT2D eigenvalue weighted by Gasteiger charge is 2.10. The Hall–Kier alpha value is -3.00. The molecule has 2 aromatic heterocycles. The zero-order chi connectivity index (χ0) is 14.5. The lowest BCUT2D eigenvalue weighted by Gasteiger charge is -2.10. The van der Waals surface area contributed by atoms with Crippen LogP contribution in [0.5, 0.6) is 0 Å². The van der Waals surface area contributed by atoms with E-state index in [1.807, 2.05) is 24.5 Å². The van der Waals surface area contributed by atoms with Gasteiger partial charge in [0.2, 0.25) is 0 Å². The van der Waals surface area contributed by atoms with Crippen LogP contribution in [0, 0.1) is 0 Å². The van der Waals surface area contributed by atoms with Gasteiger partial charge in [-0.15, -0.1) is 0 Å². The maximum atomic E-state index is 4.62. The molecule has 0 radical (unpaired) electrons. The summed E-state index contributed by atoms with van der Waals surface area (Å²) in [6.07, 6.45) is 3.71. The minimum absolute atomic E-state index is 1.03. The largest absolute Gasteiger partial charge is 0.256 e. The molecule has 0 N–H and O–H groups in total. The SMILES string of the molecule is c1cnc2cc3c4ccccc4c4ncccc4c3cc2c1. The van der Waals surface area contributed by atoms with Crippen molar-refractivity contribution < 1.29 is 0 Å². The van der Waals surface area contributed by atoms with Crippen molar-refractivity contribution in [2.24, 2.45) is 0 Å². The molecule has 22 heavy (non-hydrogen) atoms. The molecule has 0 saturated heterocycles. The molecule has 2 heterocycles. The molecule has 0 spiro atoms. The standard InChI is InChI=1S/C20H12N2/c1-2-7-15-14(6-1)18-12-19-13(5-3-9-21-19)11-17(18)16-8-4-10-22-20(15)16/h1-12H. The molecule has 0 fully saturated rings. The van der Waals surface area contributed by atoms with Crippen molar-refractivity contribution in [1.29, 1.82) is 0 Å². The van der Waals surface area contributed by atoms with E-state index in [0.29, 0.717) is 0 Å². The fourth-order valence-corrected chi connectivity index (χ4v) is 3.33. The van der Waals surface area contributed by atoms with E-state index in [9.17, 15) is 0 Å². The Labute approximate surface area is 127 Å². The van der Waals surface area contributed by atoms with Crippen molar-refractivity contribution in [1.82, 2.24) is 9.97 Å². The summed E-state index contributed by atoms with van der Waals surface area (Å²) in [6, 6.07) is 21.1. The second-order valence-electron chi connectivity index (χ2n) is 5.54. The first-order valence-corrected chi connectivity index (χ1v) is 7.36. The quantitative estimate of drug-likeness (QED) is 0.292. The molecule has 0 atom stereocenters. The number of aromatic nitrogens is 2. The van der Waals surface area contributed by atoms with Crippen molar-refractivity contribution in [3.8, 4) is 0 Å². The lowest BCUT2D eigenvalue weighted by atomic mass is 9.96. The smallest absolute Gasteiger partial charge is 0.0786 e. The Morgan fingerprint density at radius 1 is 0.545 bits per heavy atom. The van der Waals surface area contributed by atoms with Crippen molar-refractivity contribution in [3.63, 3.8) is 0 Å². The van der Waals surface area contributed by atoms with Crippen LogP contribution in [0.4, 0.5) is 0 Å². The first-order valence-electron chi connectivity index (χ1n) is 7.36. The van der Waals surface area contributed by atoms with Gasteiger partial charge in [0, 0.05) is 28.6 Å². The first kappa shape index (κ1) is 11.6. The second kappa shape index (κ2) is 4.25. The lowest BCUT2D eigenvalue weighted by Crippen LogP contribution is -1.86. The van der Waals surface area contributed by atoms with E-state index in [4.69, 9.17) is 0 Å². The molecule has 2 heteroatoms. The fourth-order valence-electron chi connectivity index (χ4n) is 3.33. The molecule has 0 amide bonds. The van der Waals surface area contributed by atoms with Gasteiger partial charge in [0.1, 0.15) is 0 Å². The Kier molecular flexibility index (Phi) is 2.25. The number of nitrogens with zero attached hydrogens (tertiary/aromatic N) is 2. The van der Waals surface area contributed by atoms with Gasteiger partial charge in [-0.2, -0.15) is 0 Å². The number of hydrogen-bond donors (Lipinski definition) is 0. The molecule has 102 valence electrons.